The molecule has 7 nitrogen and oxygen atoms in total. The van der Waals surface area contributed by atoms with Crippen molar-refractivity contribution in [2.75, 3.05) is 59.4 Å². The van der Waals surface area contributed by atoms with Crippen LogP contribution >= 0.6 is 0 Å². The van der Waals surface area contributed by atoms with E-state index >= 15 is 0 Å². The van der Waals surface area contributed by atoms with Crippen molar-refractivity contribution in [2.45, 2.75) is 46.5 Å². The molecule has 7 heteroatoms. The molecular formula is C21H38N4O3. The van der Waals surface area contributed by atoms with Crippen molar-refractivity contribution in [3.8, 4) is 0 Å². The Hall–Kier alpha value is -1.63. The highest BCUT2D eigenvalue weighted by Crippen LogP contribution is 2.23. The summed E-state index contributed by atoms with van der Waals surface area (Å²) in [4.78, 5) is 45.0. The maximum Gasteiger partial charge on any atom is 0.236 e. The number of nitrogens with zero attached hydrogens (tertiary/aromatic N) is 4. The largest absolute Gasteiger partial charge is 0.342 e. The first-order chi connectivity index (χ1) is 13.3. The van der Waals surface area contributed by atoms with Gasteiger partial charge in [0.2, 0.25) is 17.7 Å². The van der Waals surface area contributed by atoms with Crippen LogP contribution in [0.2, 0.25) is 0 Å². The van der Waals surface area contributed by atoms with Crippen LogP contribution in [0.3, 0.4) is 0 Å². The second kappa shape index (κ2) is 10.8. The maximum atomic E-state index is 12.8. The molecule has 0 N–H and O–H groups in total. The number of hydrogen-bond donors (Lipinski definition) is 0. The topological polar surface area (TPSA) is 64.2 Å². The van der Waals surface area contributed by atoms with E-state index in [1.165, 1.54) is 6.42 Å². The first-order valence-electron chi connectivity index (χ1n) is 10.9. The van der Waals surface area contributed by atoms with E-state index in [2.05, 4.69) is 6.92 Å². The minimum atomic E-state index is 0.0485. The monoisotopic (exact) mass is 394 g/mol. The summed E-state index contributed by atoms with van der Waals surface area (Å²) in [7, 11) is 1.81. The molecule has 28 heavy (non-hydrogen) atoms. The van der Waals surface area contributed by atoms with Gasteiger partial charge >= 0.3 is 0 Å². The van der Waals surface area contributed by atoms with E-state index in [1.807, 2.05) is 30.7 Å². The maximum absolute atomic E-state index is 12.8. The zero-order chi connectivity index (χ0) is 20.7. The van der Waals surface area contributed by atoms with Gasteiger partial charge in [-0.15, -0.1) is 0 Å². The third-order valence-electron chi connectivity index (χ3n) is 6.09. The summed E-state index contributed by atoms with van der Waals surface area (Å²) in [6.07, 6.45) is 3.80. The molecule has 2 aliphatic heterocycles. The lowest BCUT2D eigenvalue weighted by molar-refractivity contribution is -0.142. The van der Waals surface area contributed by atoms with Gasteiger partial charge in [-0.05, 0) is 52.5 Å². The average molecular weight is 395 g/mol. The number of hydrogen-bond acceptors (Lipinski definition) is 4. The molecule has 1 unspecified atom stereocenters. The molecule has 0 aromatic carbocycles. The molecule has 0 bridgehead atoms. The highest BCUT2D eigenvalue weighted by molar-refractivity contribution is 5.82. The molecule has 3 amide bonds. The number of piperidine rings is 2. The second-order valence-electron chi connectivity index (χ2n) is 8.43. The lowest BCUT2D eigenvalue weighted by Gasteiger charge is -2.37. The number of amides is 3. The van der Waals surface area contributed by atoms with Gasteiger partial charge in [0.15, 0.2) is 0 Å². The predicted octanol–water partition coefficient (Wildman–Crippen LogP) is 1.28. The van der Waals surface area contributed by atoms with Crippen LogP contribution < -0.4 is 0 Å². The highest BCUT2D eigenvalue weighted by Gasteiger charge is 2.32. The number of rotatable bonds is 7. The SMILES string of the molecule is CCN(CC)C(=O)CN(C)CC(=O)N1CCC(C(=O)N2CCCC(C)C2)CC1. The van der Waals surface area contributed by atoms with E-state index in [0.717, 1.165) is 32.4 Å². The Morgan fingerprint density at radius 1 is 0.929 bits per heavy atom. The lowest BCUT2D eigenvalue weighted by Crippen LogP contribution is -2.49. The van der Waals surface area contributed by atoms with Gasteiger partial charge in [0, 0.05) is 45.2 Å². The van der Waals surface area contributed by atoms with Gasteiger partial charge in [-0.3, -0.25) is 19.3 Å². The van der Waals surface area contributed by atoms with Crippen molar-refractivity contribution in [3.63, 3.8) is 0 Å². The number of likely N-dealkylation sites (N-methyl/N-ethyl adjacent to an activating group) is 2. The summed E-state index contributed by atoms with van der Waals surface area (Å²) >= 11 is 0. The van der Waals surface area contributed by atoms with Gasteiger partial charge in [0.25, 0.3) is 0 Å². The Morgan fingerprint density at radius 2 is 1.57 bits per heavy atom. The summed E-state index contributed by atoms with van der Waals surface area (Å²) in [5, 5.41) is 0. The Kier molecular flexibility index (Phi) is 8.73. The molecule has 2 heterocycles. The number of likely N-dealkylation sites (tertiary alicyclic amines) is 2. The van der Waals surface area contributed by atoms with Crippen molar-refractivity contribution in [3.05, 3.63) is 0 Å². The number of carbonyl (C=O) groups excluding carboxylic acids is 3. The zero-order valence-corrected chi connectivity index (χ0v) is 18.2. The van der Waals surface area contributed by atoms with Crippen molar-refractivity contribution >= 4 is 17.7 Å². The van der Waals surface area contributed by atoms with Crippen LogP contribution in [0.25, 0.3) is 0 Å². The van der Waals surface area contributed by atoms with Crippen LogP contribution in [0, 0.1) is 11.8 Å². The lowest BCUT2D eigenvalue weighted by atomic mass is 9.92. The molecule has 0 aliphatic carbocycles. The van der Waals surface area contributed by atoms with Crippen molar-refractivity contribution < 1.29 is 14.4 Å². The van der Waals surface area contributed by atoms with E-state index < -0.39 is 0 Å². The van der Waals surface area contributed by atoms with E-state index in [-0.39, 0.29) is 36.7 Å². The normalized spacial score (nSPS) is 21.1. The highest BCUT2D eigenvalue weighted by atomic mass is 16.2. The quantitative estimate of drug-likeness (QED) is 0.653. The van der Waals surface area contributed by atoms with E-state index in [1.54, 1.807) is 9.80 Å². The fourth-order valence-corrected chi connectivity index (χ4v) is 4.32. The summed E-state index contributed by atoms with van der Waals surface area (Å²) in [5.74, 6) is 1.03. The average Bonchev–Trinajstić information content (AvgIpc) is 2.68. The van der Waals surface area contributed by atoms with Crippen LogP contribution in [0.1, 0.15) is 46.5 Å². The van der Waals surface area contributed by atoms with Gasteiger partial charge in [0.05, 0.1) is 13.1 Å². The Labute approximate surface area is 170 Å². The molecule has 2 fully saturated rings. The Morgan fingerprint density at radius 3 is 2.14 bits per heavy atom. The van der Waals surface area contributed by atoms with E-state index in [0.29, 0.717) is 32.1 Å². The van der Waals surface area contributed by atoms with E-state index in [9.17, 15) is 14.4 Å². The minimum Gasteiger partial charge on any atom is -0.342 e. The fourth-order valence-electron chi connectivity index (χ4n) is 4.32. The summed E-state index contributed by atoms with van der Waals surface area (Å²) in [6, 6.07) is 0. The van der Waals surface area contributed by atoms with E-state index in [4.69, 9.17) is 0 Å². The molecular weight excluding hydrogens is 356 g/mol. The third kappa shape index (κ3) is 6.19. The van der Waals surface area contributed by atoms with Crippen molar-refractivity contribution in [2.24, 2.45) is 11.8 Å². The molecule has 0 spiro atoms. The minimum absolute atomic E-state index is 0.0485. The molecule has 0 saturated carbocycles. The van der Waals surface area contributed by atoms with Crippen LogP contribution in [0.15, 0.2) is 0 Å². The van der Waals surface area contributed by atoms with Crippen molar-refractivity contribution in [1.29, 1.82) is 0 Å². The van der Waals surface area contributed by atoms with Gasteiger partial charge in [-0.25, -0.2) is 0 Å². The van der Waals surface area contributed by atoms with Gasteiger partial charge in [-0.1, -0.05) is 6.92 Å². The standard InChI is InChI=1S/C21H38N4O3/c1-5-23(6-2)19(26)15-22(4)16-20(27)24-12-9-18(10-13-24)21(28)25-11-7-8-17(3)14-25/h17-18H,5-16H2,1-4H3. The van der Waals surface area contributed by atoms with Crippen molar-refractivity contribution in [1.82, 2.24) is 19.6 Å². The molecule has 0 aromatic heterocycles. The molecule has 0 radical (unpaired) electrons. The first kappa shape index (κ1) is 22.7. The fraction of sp³-hybridized carbons (Fsp3) is 0.857. The van der Waals surface area contributed by atoms with Crippen LogP contribution in [-0.2, 0) is 14.4 Å². The molecule has 160 valence electrons. The number of carbonyl (C=O) groups is 3. The van der Waals surface area contributed by atoms with Crippen LogP contribution in [0.5, 0.6) is 0 Å². The first-order valence-corrected chi connectivity index (χ1v) is 10.9. The van der Waals surface area contributed by atoms with Gasteiger partial charge in [-0.2, -0.15) is 0 Å². The zero-order valence-electron chi connectivity index (χ0n) is 18.2. The van der Waals surface area contributed by atoms with Crippen LogP contribution in [-0.4, -0.2) is 96.7 Å². The second-order valence-corrected chi connectivity index (χ2v) is 8.43. The summed E-state index contributed by atoms with van der Waals surface area (Å²) in [5.41, 5.74) is 0. The summed E-state index contributed by atoms with van der Waals surface area (Å²) < 4.78 is 0. The molecule has 0 aromatic rings. The molecule has 1 atom stereocenters. The van der Waals surface area contributed by atoms with Gasteiger partial charge < -0.3 is 14.7 Å². The Bertz CT molecular complexity index is 542. The Balaban J connectivity index is 1.75. The van der Waals surface area contributed by atoms with Gasteiger partial charge in [0.1, 0.15) is 0 Å². The smallest absolute Gasteiger partial charge is 0.236 e. The molecule has 2 aliphatic rings. The predicted molar refractivity (Wildman–Crippen MR) is 110 cm³/mol. The third-order valence-corrected chi connectivity index (χ3v) is 6.09. The molecule has 2 saturated heterocycles. The molecule has 2 rings (SSSR count). The summed E-state index contributed by atoms with van der Waals surface area (Å²) in [6.45, 7) is 11.0. The van der Waals surface area contributed by atoms with Crippen LogP contribution in [0.4, 0.5) is 0 Å².